The van der Waals surface area contributed by atoms with Crippen LogP contribution in [0.4, 0.5) is 0 Å². The third-order valence-electron chi connectivity index (χ3n) is 3.51. The van der Waals surface area contributed by atoms with Gasteiger partial charge in [0, 0.05) is 6.54 Å². The lowest BCUT2D eigenvalue weighted by Crippen LogP contribution is -2.43. The third-order valence-corrected chi connectivity index (χ3v) is 3.51. The van der Waals surface area contributed by atoms with Crippen LogP contribution in [-0.4, -0.2) is 44.0 Å². The molecule has 1 heterocycles. The molecule has 0 spiro atoms. The normalized spacial score (nSPS) is 19.9. The molecule has 1 fully saturated rings. The predicted molar refractivity (Wildman–Crippen MR) is 66.1 cm³/mol. The number of nitrogens with one attached hydrogen (secondary N) is 1. The number of amides is 1. The lowest BCUT2D eigenvalue weighted by molar-refractivity contribution is -0.125. The molecule has 4 nitrogen and oxygen atoms in total. The molecule has 94 valence electrons. The predicted octanol–water partition coefficient (Wildman–Crippen LogP) is 0.429. The van der Waals surface area contributed by atoms with Gasteiger partial charge >= 0.3 is 0 Å². The van der Waals surface area contributed by atoms with Crippen LogP contribution >= 0.6 is 0 Å². The van der Waals surface area contributed by atoms with Gasteiger partial charge in [-0.15, -0.1) is 0 Å². The molecule has 4 heteroatoms. The van der Waals surface area contributed by atoms with Gasteiger partial charge in [0.05, 0.1) is 5.41 Å². The van der Waals surface area contributed by atoms with E-state index in [1.165, 1.54) is 25.9 Å². The minimum atomic E-state index is -0.439. The van der Waals surface area contributed by atoms with E-state index in [0.717, 1.165) is 12.5 Å². The van der Waals surface area contributed by atoms with Crippen molar-refractivity contribution in [1.29, 1.82) is 0 Å². The van der Waals surface area contributed by atoms with E-state index in [1.807, 2.05) is 13.8 Å². The van der Waals surface area contributed by atoms with Crippen LogP contribution < -0.4 is 11.1 Å². The van der Waals surface area contributed by atoms with Crippen molar-refractivity contribution in [3.63, 3.8) is 0 Å². The van der Waals surface area contributed by atoms with Gasteiger partial charge in [0.25, 0.3) is 0 Å². The number of likely N-dealkylation sites (tertiary alicyclic amines) is 1. The highest BCUT2D eigenvalue weighted by Gasteiger charge is 2.25. The number of piperidine rings is 1. The van der Waals surface area contributed by atoms with Crippen molar-refractivity contribution in [3.8, 4) is 0 Å². The summed E-state index contributed by atoms with van der Waals surface area (Å²) in [6.45, 7) is 7.82. The number of carbonyl (C=O) groups is 1. The first-order chi connectivity index (χ1) is 7.42. The Morgan fingerprint density at radius 2 is 2.00 bits per heavy atom. The Morgan fingerprint density at radius 3 is 2.50 bits per heavy atom. The summed E-state index contributed by atoms with van der Waals surface area (Å²) in [5.41, 5.74) is 4.88. The van der Waals surface area contributed by atoms with E-state index >= 15 is 0 Å². The molecule has 3 N–H and O–H groups in total. The van der Waals surface area contributed by atoms with E-state index in [4.69, 9.17) is 5.73 Å². The Kier molecular flexibility index (Phi) is 4.74. The van der Waals surface area contributed by atoms with Gasteiger partial charge in [0.1, 0.15) is 0 Å². The van der Waals surface area contributed by atoms with Gasteiger partial charge < -0.3 is 16.0 Å². The molecule has 1 aliphatic rings. The zero-order chi connectivity index (χ0) is 12.2. The molecule has 0 aromatic heterocycles. The van der Waals surface area contributed by atoms with E-state index in [0.29, 0.717) is 6.54 Å². The maximum Gasteiger partial charge on any atom is 0.224 e. The Balaban J connectivity index is 2.18. The third kappa shape index (κ3) is 4.10. The van der Waals surface area contributed by atoms with Gasteiger partial charge in [0.2, 0.25) is 5.91 Å². The fraction of sp³-hybridized carbons (Fsp3) is 0.917. The second-order valence-electron chi connectivity index (χ2n) is 5.63. The molecule has 0 aliphatic carbocycles. The number of hydrogen-bond acceptors (Lipinski definition) is 3. The van der Waals surface area contributed by atoms with Crippen molar-refractivity contribution in [3.05, 3.63) is 0 Å². The summed E-state index contributed by atoms with van der Waals surface area (Å²) in [5.74, 6) is 0.517. The molecule has 0 bridgehead atoms. The zero-order valence-electron chi connectivity index (χ0n) is 10.8. The molecule has 1 amide bonds. The van der Waals surface area contributed by atoms with Crippen molar-refractivity contribution in [2.45, 2.75) is 26.7 Å². The molecule has 1 saturated heterocycles. The van der Waals surface area contributed by atoms with Gasteiger partial charge in [-0.1, -0.05) is 0 Å². The number of carbonyl (C=O) groups excluding carboxylic acids is 1. The molecule has 0 aromatic carbocycles. The van der Waals surface area contributed by atoms with Crippen LogP contribution in [0.5, 0.6) is 0 Å². The molecule has 1 aliphatic heterocycles. The first kappa shape index (κ1) is 13.5. The summed E-state index contributed by atoms with van der Waals surface area (Å²) in [4.78, 5) is 13.5. The van der Waals surface area contributed by atoms with Crippen molar-refractivity contribution >= 4 is 5.91 Å². The Labute approximate surface area is 98.6 Å². The molecule has 0 atom stereocenters. The van der Waals surface area contributed by atoms with E-state index in [-0.39, 0.29) is 5.91 Å². The van der Waals surface area contributed by atoms with Gasteiger partial charge in [-0.05, 0) is 59.3 Å². The molecule has 16 heavy (non-hydrogen) atoms. The topological polar surface area (TPSA) is 58.4 Å². The quantitative estimate of drug-likeness (QED) is 0.716. The Morgan fingerprint density at radius 1 is 1.44 bits per heavy atom. The summed E-state index contributed by atoms with van der Waals surface area (Å²) < 4.78 is 0. The standard InChI is InChI=1S/C12H25N3O/c1-12(2,11(13)16)9-14-8-10-4-6-15(3)7-5-10/h10,14H,4-9H2,1-3H3,(H2,13,16). The first-order valence-corrected chi connectivity index (χ1v) is 6.11. The fourth-order valence-corrected chi connectivity index (χ4v) is 1.94. The Bertz CT molecular complexity index is 232. The van der Waals surface area contributed by atoms with Crippen LogP contribution in [0.15, 0.2) is 0 Å². The number of rotatable bonds is 5. The zero-order valence-corrected chi connectivity index (χ0v) is 10.8. The Hall–Kier alpha value is -0.610. The van der Waals surface area contributed by atoms with Gasteiger partial charge in [-0.2, -0.15) is 0 Å². The van der Waals surface area contributed by atoms with E-state index in [1.54, 1.807) is 0 Å². The highest BCUT2D eigenvalue weighted by Crippen LogP contribution is 2.16. The lowest BCUT2D eigenvalue weighted by Gasteiger charge is -2.30. The minimum Gasteiger partial charge on any atom is -0.369 e. The SMILES string of the molecule is CN1CCC(CNCC(C)(C)C(N)=O)CC1. The summed E-state index contributed by atoms with van der Waals surface area (Å²) >= 11 is 0. The van der Waals surface area contributed by atoms with Gasteiger partial charge in [0.15, 0.2) is 0 Å². The van der Waals surface area contributed by atoms with Crippen LogP contribution in [0.25, 0.3) is 0 Å². The largest absolute Gasteiger partial charge is 0.369 e. The van der Waals surface area contributed by atoms with E-state index in [9.17, 15) is 4.79 Å². The average Bonchev–Trinajstić information content (AvgIpc) is 2.20. The first-order valence-electron chi connectivity index (χ1n) is 6.11. The highest BCUT2D eigenvalue weighted by molar-refractivity contribution is 5.80. The lowest BCUT2D eigenvalue weighted by atomic mass is 9.91. The number of primary amides is 1. The molecule has 0 saturated carbocycles. The monoisotopic (exact) mass is 227 g/mol. The average molecular weight is 227 g/mol. The molecule has 0 aromatic rings. The van der Waals surface area contributed by atoms with E-state index < -0.39 is 5.41 Å². The number of nitrogens with two attached hydrogens (primary N) is 1. The second kappa shape index (κ2) is 5.64. The van der Waals surface area contributed by atoms with Crippen LogP contribution in [-0.2, 0) is 4.79 Å². The molecular weight excluding hydrogens is 202 g/mol. The molecule has 1 rings (SSSR count). The maximum atomic E-state index is 11.1. The van der Waals surface area contributed by atoms with Gasteiger partial charge in [-0.3, -0.25) is 4.79 Å². The van der Waals surface area contributed by atoms with Crippen LogP contribution in [0, 0.1) is 11.3 Å². The van der Waals surface area contributed by atoms with Crippen molar-refractivity contribution in [1.82, 2.24) is 10.2 Å². The van der Waals surface area contributed by atoms with Crippen LogP contribution in [0.1, 0.15) is 26.7 Å². The van der Waals surface area contributed by atoms with Crippen molar-refractivity contribution in [2.24, 2.45) is 17.1 Å². The fourth-order valence-electron chi connectivity index (χ4n) is 1.94. The maximum absolute atomic E-state index is 11.1. The number of hydrogen-bond donors (Lipinski definition) is 2. The minimum absolute atomic E-state index is 0.233. The van der Waals surface area contributed by atoms with Crippen LogP contribution in [0.2, 0.25) is 0 Å². The number of nitrogens with zero attached hydrogens (tertiary/aromatic N) is 1. The van der Waals surface area contributed by atoms with Crippen molar-refractivity contribution in [2.75, 3.05) is 33.2 Å². The molecule has 0 radical (unpaired) electrons. The summed E-state index contributed by atoms with van der Waals surface area (Å²) in [6.07, 6.45) is 2.50. The summed E-state index contributed by atoms with van der Waals surface area (Å²) in [7, 11) is 2.17. The highest BCUT2D eigenvalue weighted by atomic mass is 16.1. The van der Waals surface area contributed by atoms with Crippen molar-refractivity contribution < 1.29 is 4.79 Å². The summed E-state index contributed by atoms with van der Waals surface area (Å²) in [5, 5.41) is 3.37. The van der Waals surface area contributed by atoms with Gasteiger partial charge in [-0.25, -0.2) is 0 Å². The second-order valence-corrected chi connectivity index (χ2v) is 5.63. The molecule has 0 unspecified atom stereocenters. The molecular formula is C12H25N3O. The smallest absolute Gasteiger partial charge is 0.224 e. The van der Waals surface area contributed by atoms with E-state index in [2.05, 4.69) is 17.3 Å². The van der Waals surface area contributed by atoms with Crippen LogP contribution in [0.3, 0.4) is 0 Å². The summed E-state index contributed by atoms with van der Waals surface area (Å²) in [6, 6.07) is 0.